The number of fused-ring (bicyclic) bond motifs is 1. The van der Waals surface area contributed by atoms with Gasteiger partial charge in [0.25, 0.3) is 5.56 Å². The van der Waals surface area contributed by atoms with E-state index in [0.717, 1.165) is 0 Å². The van der Waals surface area contributed by atoms with E-state index < -0.39 is 35.9 Å². The molecular formula is C14H17N5O6. The first-order valence-electron chi connectivity index (χ1n) is 7.55. The molecule has 0 aromatic carbocycles. The average molecular weight is 351 g/mol. The van der Waals surface area contributed by atoms with Gasteiger partial charge in [0.2, 0.25) is 0 Å². The summed E-state index contributed by atoms with van der Waals surface area (Å²) in [6, 6.07) is 1.51. The van der Waals surface area contributed by atoms with Crippen LogP contribution in [0.2, 0.25) is 0 Å². The molecule has 2 aromatic rings. The molecular weight excluding hydrogens is 334 g/mol. The number of pyridine rings is 1. The number of anilines is 1. The SMILES string of the molecule is CC(=O)OC[C@H]1O[C@@H](n2nnc3c(=O)[nH]c(N)cc32)C[C@@H]1OC(C)=O. The van der Waals surface area contributed by atoms with Crippen LogP contribution in [0.15, 0.2) is 10.9 Å². The van der Waals surface area contributed by atoms with Gasteiger partial charge in [-0.1, -0.05) is 5.21 Å². The van der Waals surface area contributed by atoms with Crippen molar-refractivity contribution >= 4 is 28.8 Å². The van der Waals surface area contributed by atoms with Crippen LogP contribution in [0.4, 0.5) is 5.82 Å². The lowest BCUT2D eigenvalue weighted by molar-refractivity contribution is -0.155. The van der Waals surface area contributed by atoms with E-state index in [4.69, 9.17) is 19.9 Å². The molecule has 1 fully saturated rings. The molecule has 3 atom stereocenters. The van der Waals surface area contributed by atoms with Crippen molar-refractivity contribution in [1.29, 1.82) is 0 Å². The standard InChI is InChI=1S/C14H17N5O6/c1-6(20)23-5-10-9(24-7(2)21)4-12(25-10)19-8-3-11(15)16-14(22)13(8)17-18-19/h3,9-10,12H,4-5H2,1-2H3,(H3,15,16,22)/t9-,10+,12+/m0/s1. The van der Waals surface area contributed by atoms with E-state index in [-0.39, 0.29) is 24.4 Å². The van der Waals surface area contributed by atoms with E-state index >= 15 is 0 Å². The highest BCUT2D eigenvalue weighted by molar-refractivity contribution is 5.75. The first-order chi connectivity index (χ1) is 11.8. The molecule has 2 aromatic heterocycles. The van der Waals surface area contributed by atoms with Gasteiger partial charge >= 0.3 is 11.9 Å². The minimum atomic E-state index is -0.656. The summed E-state index contributed by atoms with van der Waals surface area (Å²) < 4.78 is 17.4. The Morgan fingerprint density at radius 2 is 2.20 bits per heavy atom. The van der Waals surface area contributed by atoms with Crippen LogP contribution in [0, 0.1) is 0 Å². The number of esters is 2. The number of hydrogen-bond acceptors (Lipinski definition) is 9. The molecule has 25 heavy (non-hydrogen) atoms. The number of ether oxygens (including phenoxy) is 3. The second kappa shape index (κ2) is 6.51. The second-order valence-electron chi connectivity index (χ2n) is 5.64. The van der Waals surface area contributed by atoms with Crippen LogP contribution in [0.5, 0.6) is 0 Å². The number of carbonyl (C=O) groups is 2. The van der Waals surface area contributed by atoms with Gasteiger partial charge in [-0.3, -0.25) is 14.4 Å². The van der Waals surface area contributed by atoms with Crippen molar-refractivity contribution < 1.29 is 23.8 Å². The molecule has 134 valence electrons. The third-order valence-corrected chi connectivity index (χ3v) is 3.72. The van der Waals surface area contributed by atoms with Gasteiger partial charge in [0, 0.05) is 26.3 Å². The summed E-state index contributed by atoms with van der Waals surface area (Å²) in [5.41, 5.74) is 5.70. The van der Waals surface area contributed by atoms with Gasteiger partial charge in [0.05, 0.1) is 0 Å². The van der Waals surface area contributed by atoms with Crippen molar-refractivity contribution in [2.24, 2.45) is 0 Å². The quantitative estimate of drug-likeness (QED) is 0.693. The molecule has 1 saturated heterocycles. The highest BCUT2D eigenvalue weighted by Crippen LogP contribution is 2.32. The molecule has 0 radical (unpaired) electrons. The third-order valence-electron chi connectivity index (χ3n) is 3.72. The minimum Gasteiger partial charge on any atom is -0.463 e. The molecule has 0 spiro atoms. The zero-order valence-corrected chi connectivity index (χ0v) is 13.6. The van der Waals surface area contributed by atoms with E-state index in [1.807, 2.05) is 0 Å². The number of carbonyl (C=O) groups excluding carboxylic acids is 2. The van der Waals surface area contributed by atoms with Crippen LogP contribution in [-0.4, -0.2) is 50.7 Å². The highest BCUT2D eigenvalue weighted by atomic mass is 16.6. The largest absolute Gasteiger partial charge is 0.463 e. The predicted octanol–water partition coefficient (Wildman–Crippen LogP) is -0.516. The van der Waals surface area contributed by atoms with Gasteiger partial charge in [0.1, 0.15) is 30.1 Å². The summed E-state index contributed by atoms with van der Waals surface area (Å²) in [5, 5.41) is 7.77. The number of hydrogen-bond donors (Lipinski definition) is 2. The van der Waals surface area contributed by atoms with E-state index in [0.29, 0.717) is 5.52 Å². The smallest absolute Gasteiger partial charge is 0.303 e. The summed E-state index contributed by atoms with van der Waals surface area (Å²) in [7, 11) is 0. The van der Waals surface area contributed by atoms with Crippen molar-refractivity contribution in [3.63, 3.8) is 0 Å². The van der Waals surface area contributed by atoms with Gasteiger partial charge in [0.15, 0.2) is 11.7 Å². The molecule has 0 amide bonds. The molecule has 0 unspecified atom stereocenters. The van der Waals surface area contributed by atoms with Gasteiger partial charge in [-0.25, -0.2) is 4.68 Å². The first-order valence-corrected chi connectivity index (χ1v) is 7.55. The van der Waals surface area contributed by atoms with E-state index in [9.17, 15) is 14.4 Å². The molecule has 1 aliphatic heterocycles. The summed E-state index contributed by atoms with van der Waals surface area (Å²) in [6.45, 7) is 2.48. The fraction of sp³-hybridized carbons (Fsp3) is 0.500. The first kappa shape index (κ1) is 16.9. The number of rotatable bonds is 4. The maximum Gasteiger partial charge on any atom is 0.303 e. The fourth-order valence-corrected chi connectivity index (χ4v) is 2.72. The number of aromatic nitrogens is 4. The third kappa shape index (κ3) is 3.45. The monoisotopic (exact) mass is 351 g/mol. The van der Waals surface area contributed by atoms with Crippen molar-refractivity contribution in [1.82, 2.24) is 20.0 Å². The van der Waals surface area contributed by atoms with Gasteiger partial charge < -0.3 is 24.9 Å². The van der Waals surface area contributed by atoms with Crippen LogP contribution < -0.4 is 11.3 Å². The number of aromatic amines is 1. The highest BCUT2D eigenvalue weighted by Gasteiger charge is 2.40. The van der Waals surface area contributed by atoms with Crippen molar-refractivity contribution in [3.05, 3.63) is 16.4 Å². The van der Waals surface area contributed by atoms with Crippen molar-refractivity contribution in [2.75, 3.05) is 12.3 Å². The Bertz CT molecular complexity index is 874. The van der Waals surface area contributed by atoms with Crippen LogP contribution in [0.1, 0.15) is 26.5 Å². The van der Waals surface area contributed by atoms with E-state index in [1.165, 1.54) is 24.6 Å². The lowest BCUT2D eigenvalue weighted by Gasteiger charge is -2.17. The maximum absolute atomic E-state index is 11.9. The van der Waals surface area contributed by atoms with Crippen LogP contribution in [0.3, 0.4) is 0 Å². The maximum atomic E-state index is 11.9. The summed E-state index contributed by atoms with van der Waals surface area (Å²) in [6.07, 6.45) is -1.68. The molecule has 1 aliphatic rings. The normalized spacial score (nSPS) is 22.9. The Labute approximate surface area is 141 Å². The Morgan fingerprint density at radius 3 is 2.88 bits per heavy atom. The summed E-state index contributed by atoms with van der Waals surface area (Å²) >= 11 is 0. The number of nitrogens with one attached hydrogen (secondary N) is 1. The molecule has 3 N–H and O–H groups in total. The lowest BCUT2D eigenvalue weighted by Crippen LogP contribution is -2.31. The van der Waals surface area contributed by atoms with Crippen LogP contribution >= 0.6 is 0 Å². The minimum absolute atomic E-state index is 0.0703. The number of nitrogens with two attached hydrogens (primary N) is 1. The van der Waals surface area contributed by atoms with Crippen LogP contribution in [-0.2, 0) is 23.8 Å². The number of H-pyrrole nitrogens is 1. The van der Waals surface area contributed by atoms with Crippen molar-refractivity contribution in [3.8, 4) is 0 Å². The molecule has 0 aliphatic carbocycles. The van der Waals surface area contributed by atoms with Gasteiger partial charge in [-0.15, -0.1) is 5.10 Å². The van der Waals surface area contributed by atoms with Gasteiger partial charge in [-0.05, 0) is 0 Å². The summed E-state index contributed by atoms with van der Waals surface area (Å²) in [5.74, 6) is -0.794. The molecule has 0 saturated carbocycles. The molecule has 3 rings (SSSR count). The number of nitrogens with zero attached hydrogens (tertiary/aromatic N) is 3. The second-order valence-corrected chi connectivity index (χ2v) is 5.64. The predicted molar refractivity (Wildman–Crippen MR) is 83.3 cm³/mol. The molecule has 11 heteroatoms. The van der Waals surface area contributed by atoms with E-state index in [2.05, 4.69) is 15.3 Å². The Morgan fingerprint density at radius 1 is 1.44 bits per heavy atom. The van der Waals surface area contributed by atoms with Gasteiger partial charge in [-0.2, -0.15) is 0 Å². The topological polar surface area (TPSA) is 151 Å². The fourth-order valence-electron chi connectivity index (χ4n) is 2.72. The Balaban J connectivity index is 1.89. The molecule has 3 heterocycles. The van der Waals surface area contributed by atoms with Crippen LogP contribution in [0.25, 0.3) is 11.0 Å². The number of nitrogen functional groups attached to an aromatic ring is 1. The lowest BCUT2D eigenvalue weighted by atomic mass is 10.2. The van der Waals surface area contributed by atoms with E-state index in [1.54, 1.807) is 0 Å². The Hall–Kier alpha value is -2.95. The summed E-state index contributed by atoms with van der Waals surface area (Å²) in [4.78, 5) is 36.6. The zero-order valence-electron chi connectivity index (χ0n) is 13.6. The average Bonchev–Trinajstić information content (AvgIpc) is 3.08. The zero-order chi connectivity index (χ0) is 18.1. The molecule has 0 bridgehead atoms. The van der Waals surface area contributed by atoms with Crippen molar-refractivity contribution in [2.45, 2.75) is 38.7 Å². The Kier molecular flexibility index (Phi) is 4.40. The molecule has 11 nitrogen and oxygen atoms in total.